The molecule has 1 amide bonds. The number of nitrogens with two attached hydrogens (primary N) is 1. The molecule has 4 aromatic rings. The van der Waals surface area contributed by atoms with Gasteiger partial charge in [0.25, 0.3) is 5.91 Å². The Morgan fingerprint density at radius 3 is 2.73 bits per heavy atom. The summed E-state index contributed by atoms with van der Waals surface area (Å²) in [5.74, 6) is -0.363. The highest BCUT2D eigenvalue weighted by Crippen LogP contribution is 2.35. The molecule has 3 heterocycles. The van der Waals surface area contributed by atoms with Crippen LogP contribution in [0.4, 0.5) is 5.69 Å². The van der Waals surface area contributed by atoms with Crippen molar-refractivity contribution in [1.29, 1.82) is 5.26 Å². The third-order valence-corrected chi connectivity index (χ3v) is 6.64. The van der Waals surface area contributed by atoms with Crippen LogP contribution in [0.25, 0.3) is 21.9 Å². The zero-order valence-corrected chi connectivity index (χ0v) is 18.7. The maximum atomic E-state index is 11.6. The predicted octanol–water partition coefficient (Wildman–Crippen LogP) is 4.55. The quantitative estimate of drug-likeness (QED) is 0.457. The van der Waals surface area contributed by atoms with Crippen LogP contribution in [-0.2, 0) is 0 Å². The minimum atomic E-state index is -0.553. The standard InChI is InChI=1S/C26H27N5O2/c1-2-4-22(20-16-29-21-8-7-17(15-27)13-18(20)21)30-9-11-31(12-10-30)23-5-3-6-24-19(23)14-25(33-24)26(28)32/h3,5-8,13-14,16,22,29H,2,4,9-12H2,1H3,(H2,28,32). The fraction of sp³-hybridized carbons (Fsp3) is 0.308. The fourth-order valence-corrected chi connectivity index (χ4v) is 5.01. The van der Waals surface area contributed by atoms with E-state index < -0.39 is 5.91 Å². The number of fused-ring (bicyclic) bond motifs is 2. The molecule has 1 aliphatic rings. The van der Waals surface area contributed by atoms with E-state index in [-0.39, 0.29) is 5.76 Å². The molecule has 7 nitrogen and oxygen atoms in total. The number of nitrogens with zero attached hydrogens (tertiary/aromatic N) is 3. The smallest absolute Gasteiger partial charge is 0.284 e. The van der Waals surface area contributed by atoms with Gasteiger partial charge in [0.15, 0.2) is 5.76 Å². The Hall–Kier alpha value is -3.76. The number of benzene rings is 2. The summed E-state index contributed by atoms with van der Waals surface area (Å²) >= 11 is 0. The topological polar surface area (TPSA) is 102 Å². The highest BCUT2D eigenvalue weighted by Gasteiger charge is 2.27. The number of nitriles is 1. The van der Waals surface area contributed by atoms with Crippen molar-refractivity contribution in [3.63, 3.8) is 0 Å². The summed E-state index contributed by atoms with van der Waals surface area (Å²) in [6.07, 6.45) is 4.25. The fourth-order valence-electron chi connectivity index (χ4n) is 5.01. The van der Waals surface area contributed by atoms with Crippen LogP contribution in [0.5, 0.6) is 0 Å². The van der Waals surface area contributed by atoms with Gasteiger partial charge in [-0.05, 0) is 48.4 Å². The number of nitrogens with one attached hydrogen (secondary N) is 1. The van der Waals surface area contributed by atoms with Crippen molar-refractivity contribution in [3.05, 3.63) is 65.5 Å². The molecule has 3 N–H and O–H groups in total. The maximum absolute atomic E-state index is 11.6. The lowest BCUT2D eigenvalue weighted by molar-refractivity contribution is 0.0976. The number of hydrogen-bond acceptors (Lipinski definition) is 5. The summed E-state index contributed by atoms with van der Waals surface area (Å²) in [7, 11) is 0. The molecular weight excluding hydrogens is 414 g/mol. The number of anilines is 1. The summed E-state index contributed by atoms with van der Waals surface area (Å²) in [6, 6.07) is 16.0. The van der Waals surface area contributed by atoms with E-state index in [4.69, 9.17) is 10.2 Å². The Kier molecular flexibility index (Phi) is 5.53. The molecule has 1 aliphatic heterocycles. The Labute approximate surface area is 192 Å². The van der Waals surface area contributed by atoms with E-state index in [1.54, 1.807) is 6.07 Å². The highest BCUT2D eigenvalue weighted by molar-refractivity contribution is 5.99. The number of hydrogen-bond donors (Lipinski definition) is 2. The van der Waals surface area contributed by atoms with Gasteiger partial charge in [-0.15, -0.1) is 0 Å². The summed E-state index contributed by atoms with van der Waals surface area (Å²) in [6.45, 7) is 5.82. The van der Waals surface area contributed by atoms with Gasteiger partial charge >= 0.3 is 0 Å². The number of carbonyl (C=O) groups excluding carboxylic acids is 1. The Bertz CT molecular complexity index is 1350. The number of aromatic nitrogens is 1. The molecule has 1 atom stereocenters. The van der Waals surface area contributed by atoms with Gasteiger partial charge in [0.1, 0.15) is 5.58 Å². The van der Waals surface area contributed by atoms with Crippen LogP contribution in [0.1, 0.15) is 47.5 Å². The summed E-state index contributed by atoms with van der Waals surface area (Å²) in [4.78, 5) is 19.9. The molecule has 0 saturated carbocycles. The van der Waals surface area contributed by atoms with Crippen LogP contribution >= 0.6 is 0 Å². The molecular formula is C26H27N5O2. The first kappa shape index (κ1) is 21.1. The lowest BCUT2D eigenvalue weighted by Gasteiger charge is -2.40. The van der Waals surface area contributed by atoms with E-state index in [1.807, 2.05) is 30.3 Å². The van der Waals surface area contributed by atoms with Crippen molar-refractivity contribution >= 4 is 33.5 Å². The van der Waals surface area contributed by atoms with E-state index in [1.165, 1.54) is 5.56 Å². The molecule has 1 fully saturated rings. The van der Waals surface area contributed by atoms with Crippen molar-refractivity contribution in [1.82, 2.24) is 9.88 Å². The second kappa shape index (κ2) is 8.64. The normalized spacial score (nSPS) is 15.7. The van der Waals surface area contributed by atoms with Crippen molar-refractivity contribution in [2.24, 2.45) is 5.73 Å². The minimum absolute atomic E-state index is 0.190. The average molecular weight is 442 g/mol. The lowest BCUT2D eigenvalue weighted by Crippen LogP contribution is -2.47. The number of piperazine rings is 1. The average Bonchev–Trinajstić information content (AvgIpc) is 3.47. The van der Waals surface area contributed by atoms with Crippen molar-refractivity contribution in [2.75, 3.05) is 31.1 Å². The van der Waals surface area contributed by atoms with Crippen LogP contribution in [0.2, 0.25) is 0 Å². The van der Waals surface area contributed by atoms with Gasteiger partial charge in [-0.1, -0.05) is 19.4 Å². The molecule has 0 spiro atoms. The molecule has 168 valence electrons. The van der Waals surface area contributed by atoms with Gasteiger partial charge in [-0.25, -0.2) is 0 Å². The largest absolute Gasteiger partial charge is 0.451 e. The zero-order valence-electron chi connectivity index (χ0n) is 18.7. The van der Waals surface area contributed by atoms with Gasteiger partial charge in [0.05, 0.1) is 11.6 Å². The van der Waals surface area contributed by atoms with Crippen molar-refractivity contribution in [2.45, 2.75) is 25.8 Å². The molecule has 0 radical (unpaired) electrons. The molecule has 33 heavy (non-hydrogen) atoms. The van der Waals surface area contributed by atoms with Crippen LogP contribution in [0, 0.1) is 11.3 Å². The first-order valence-corrected chi connectivity index (χ1v) is 11.4. The Morgan fingerprint density at radius 2 is 2.00 bits per heavy atom. The molecule has 1 unspecified atom stereocenters. The summed E-state index contributed by atoms with van der Waals surface area (Å²) in [5, 5.41) is 11.4. The summed E-state index contributed by atoms with van der Waals surface area (Å²) in [5.41, 5.74) is 10.2. The highest BCUT2D eigenvalue weighted by atomic mass is 16.3. The van der Waals surface area contributed by atoms with Gasteiger partial charge < -0.3 is 20.0 Å². The van der Waals surface area contributed by atoms with E-state index in [9.17, 15) is 10.1 Å². The van der Waals surface area contributed by atoms with Crippen molar-refractivity contribution in [3.8, 4) is 6.07 Å². The number of carbonyl (C=O) groups is 1. The van der Waals surface area contributed by atoms with Gasteiger partial charge in [0, 0.05) is 60.4 Å². The predicted molar refractivity (Wildman–Crippen MR) is 129 cm³/mol. The Balaban J connectivity index is 1.39. The van der Waals surface area contributed by atoms with Gasteiger partial charge in [0.2, 0.25) is 0 Å². The van der Waals surface area contributed by atoms with Gasteiger partial charge in [-0.2, -0.15) is 5.26 Å². The van der Waals surface area contributed by atoms with E-state index in [2.05, 4.69) is 40.0 Å². The number of aromatic amines is 1. The van der Waals surface area contributed by atoms with Gasteiger partial charge in [-0.3, -0.25) is 9.69 Å². The number of H-pyrrole nitrogens is 1. The van der Waals surface area contributed by atoms with Crippen LogP contribution < -0.4 is 10.6 Å². The first-order chi connectivity index (χ1) is 16.1. The third kappa shape index (κ3) is 3.83. The van der Waals surface area contributed by atoms with Crippen molar-refractivity contribution < 1.29 is 9.21 Å². The Morgan fingerprint density at radius 1 is 1.18 bits per heavy atom. The van der Waals surface area contributed by atoms with E-state index >= 15 is 0 Å². The molecule has 5 rings (SSSR count). The first-order valence-electron chi connectivity index (χ1n) is 11.4. The molecule has 1 saturated heterocycles. The van der Waals surface area contributed by atoms with Crippen LogP contribution in [0.15, 0.2) is 53.1 Å². The number of primary amides is 1. The molecule has 0 bridgehead atoms. The van der Waals surface area contributed by atoms with Crippen LogP contribution in [0.3, 0.4) is 0 Å². The molecule has 7 heteroatoms. The second-order valence-electron chi connectivity index (χ2n) is 8.61. The van der Waals surface area contributed by atoms with E-state index in [0.717, 1.165) is 61.0 Å². The SMILES string of the molecule is CCCC(c1c[nH]c2ccc(C#N)cc12)N1CCN(c2cccc3oc(C(N)=O)cc23)CC1. The monoisotopic (exact) mass is 441 g/mol. The number of furan rings is 1. The van der Waals surface area contributed by atoms with E-state index in [0.29, 0.717) is 17.2 Å². The molecule has 2 aromatic heterocycles. The molecule has 2 aromatic carbocycles. The molecule has 0 aliphatic carbocycles. The number of rotatable bonds is 6. The second-order valence-corrected chi connectivity index (χ2v) is 8.61. The number of amides is 1. The lowest BCUT2D eigenvalue weighted by atomic mass is 9.98. The zero-order chi connectivity index (χ0) is 22.9. The summed E-state index contributed by atoms with van der Waals surface area (Å²) < 4.78 is 5.62. The maximum Gasteiger partial charge on any atom is 0.284 e. The van der Waals surface area contributed by atoms with Crippen LogP contribution in [-0.4, -0.2) is 42.0 Å². The minimum Gasteiger partial charge on any atom is -0.451 e. The third-order valence-electron chi connectivity index (χ3n) is 6.64.